The fourth-order valence-corrected chi connectivity index (χ4v) is 4.75. The summed E-state index contributed by atoms with van der Waals surface area (Å²) in [6.45, 7) is 0.476. The SMILES string of the molecule is O=c1oc2c(CNC3CCCc4ccccc43)c(O)ccc2c2c1CCC2. The Morgan fingerprint density at radius 3 is 2.81 bits per heavy atom. The summed E-state index contributed by atoms with van der Waals surface area (Å²) in [4.78, 5) is 12.4. The van der Waals surface area contributed by atoms with Crippen LogP contribution < -0.4 is 10.9 Å². The standard InChI is InChI=1S/C23H23NO3/c25-21-12-11-17-16-8-4-9-18(16)23(26)27-22(17)19(21)13-24-20-10-3-6-14-5-1-2-7-15(14)20/h1-2,5,7,11-12,20,24-25H,3-4,6,8-10,13H2. The molecule has 2 aliphatic carbocycles. The minimum Gasteiger partial charge on any atom is -0.507 e. The molecule has 2 aliphatic rings. The van der Waals surface area contributed by atoms with Crippen molar-refractivity contribution in [3.63, 3.8) is 0 Å². The Labute approximate surface area is 157 Å². The van der Waals surface area contributed by atoms with Gasteiger partial charge in [-0.1, -0.05) is 24.3 Å². The largest absolute Gasteiger partial charge is 0.507 e. The topological polar surface area (TPSA) is 62.5 Å². The molecular formula is C23H23NO3. The summed E-state index contributed by atoms with van der Waals surface area (Å²) < 4.78 is 5.67. The number of hydrogen-bond donors (Lipinski definition) is 2. The van der Waals surface area contributed by atoms with Crippen molar-refractivity contribution in [2.75, 3.05) is 0 Å². The molecule has 1 heterocycles. The second kappa shape index (κ2) is 6.54. The van der Waals surface area contributed by atoms with E-state index in [2.05, 4.69) is 29.6 Å². The summed E-state index contributed by atoms with van der Waals surface area (Å²) >= 11 is 0. The van der Waals surface area contributed by atoms with Crippen molar-refractivity contribution in [1.82, 2.24) is 5.32 Å². The van der Waals surface area contributed by atoms with Crippen molar-refractivity contribution < 1.29 is 9.52 Å². The van der Waals surface area contributed by atoms with Crippen LogP contribution in [0.15, 0.2) is 45.6 Å². The average molecular weight is 361 g/mol. The third-order valence-corrected chi connectivity index (χ3v) is 6.11. The Balaban J connectivity index is 1.52. The lowest BCUT2D eigenvalue weighted by Gasteiger charge is -2.26. The van der Waals surface area contributed by atoms with E-state index in [0.717, 1.165) is 55.0 Å². The second-order valence-corrected chi connectivity index (χ2v) is 7.66. The zero-order valence-corrected chi connectivity index (χ0v) is 15.3. The molecule has 3 aromatic rings. The lowest BCUT2D eigenvalue weighted by Crippen LogP contribution is -2.25. The molecule has 4 nitrogen and oxygen atoms in total. The molecule has 4 heteroatoms. The molecule has 1 aromatic heterocycles. The van der Waals surface area contributed by atoms with Crippen LogP contribution in [-0.4, -0.2) is 5.11 Å². The summed E-state index contributed by atoms with van der Waals surface area (Å²) in [5.74, 6) is 0.181. The normalized spacial score (nSPS) is 18.4. The van der Waals surface area contributed by atoms with E-state index < -0.39 is 0 Å². The van der Waals surface area contributed by atoms with Gasteiger partial charge in [0.2, 0.25) is 0 Å². The maximum Gasteiger partial charge on any atom is 0.339 e. The van der Waals surface area contributed by atoms with Crippen LogP contribution in [0.1, 0.15) is 53.1 Å². The number of aromatic hydroxyl groups is 1. The molecule has 27 heavy (non-hydrogen) atoms. The first-order valence-corrected chi connectivity index (χ1v) is 9.83. The maximum atomic E-state index is 12.4. The van der Waals surface area contributed by atoms with Crippen LogP contribution in [0, 0.1) is 0 Å². The van der Waals surface area contributed by atoms with Crippen molar-refractivity contribution in [2.45, 2.75) is 51.1 Å². The molecule has 0 bridgehead atoms. The highest BCUT2D eigenvalue weighted by Crippen LogP contribution is 2.34. The molecular weight excluding hydrogens is 338 g/mol. The number of aryl methyl sites for hydroxylation is 2. The van der Waals surface area contributed by atoms with Gasteiger partial charge in [0.15, 0.2) is 0 Å². The Bertz CT molecular complexity index is 1080. The molecule has 0 radical (unpaired) electrons. The lowest BCUT2D eigenvalue weighted by atomic mass is 9.87. The zero-order chi connectivity index (χ0) is 18.4. The van der Waals surface area contributed by atoms with Gasteiger partial charge in [-0.3, -0.25) is 0 Å². The Hall–Kier alpha value is -2.59. The van der Waals surface area contributed by atoms with Crippen LogP contribution in [0.5, 0.6) is 5.75 Å². The number of nitrogens with one attached hydrogen (secondary N) is 1. The third-order valence-electron chi connectivity index (χ3n) is 6.11. The molecule has 0 amide bonds. The molecule has 0 saturated carbocycles. The minimum atomic E-state index is -0.245. The number of rotatable bonds is 3. The first-order valence-electron chi connectivity index (χ1n) is 9.83. The van der Waals surface area contributed by atoms with Crippen LogP contribution in [0.4, 0.5) is 0 Å². The van der Waals surface area contributed by atoms with Crippen molar-refractivity contribution in [3.8, 4) is 5.75 Å². The van der Waals surface area contributed by atoms with Crippen molar-refractivity contribution in [2.24, 2.45) is 0 Å². The molecule has 0 saturated heterocycles. The molecule has 1 atom stereocenters. The van der Waals surface area contributed by atoms with Gasteiger partial charge in [-0.25, -0.2) is 4.79 Å². The van der Waals surface area contributed by atoms with E-state index >= 15 is 0 Å². The predicted octanol–water partition coefficient (Wildman–Crippen LogP) is 4.15. The number of benzene rings is 2. The number of fused-ring (bicyclic) bond motifs is 4. The van der Waals surface area contributed by atoms with Crippen LogP contribution in [0.25, 0.3) is 11.0 Å². The molecule has 2 aromatic carbocycles. The van der Waals surface area contributed by atoms with E-state index in [4.69, 9.17) is 4.42 Å². The highest BCUT2D eigenvalue weighted by Gasteiger charge is 2.24. The lowest BCUT2D eigenvalue weighted by molar-refractivity contribution is 0.434. The van der Waals surface area contributed by atoms with Crippen LogP contribution in [0.3, 0.4) is 0 Å². The molecule has 0 spiro atoms. The van der Waals surface area contributed by atoms with E-state index in [1.54, 1.807) is 6.07 Å². The van der Waals surface area contributed by atoms with E-state index in [1.165, 1.54) is 11.1 Å². The van der Waals surface area contributed by atoms with Gasteiger partial charge in [0, 0.05) is 23.5 Å². The first kappa shape index (κ1) is 16.6. The quantitative estimate of drug-likeness (QED) is 0.688. The summed E-state index contributed by atoms with van der Waals surface area (Å²) in [5, 5.41) is 15.0. The number of phenolic OH excluding ortho intramolecular Hbond substituents is 1. The van der Waals surface area contributed by atoms with Gasteiger partial charge in [0.1, 0.15) is 11.3 Å². The fraction of sp³-hybridized carbons (Fsp3) is 0.348. The van der Waals surface area contributed by atoms with Gasteiger partial charge < -0.3 is 14.8 Å². The van der Waals surface area contributed by atoms with Crippen molar-refractivity contribution in [1.29, 1.82) is 0 Å². The van der Waals surface area contributed by atoms with Crippen LogP contribution >= 0.6 is 0 Å². The monoisotopic (exact) mass is 361 g/mol. The van der Waals surface area contributed by atoms with Gasteiger partial charge in [-0.2, -0.15) is 0 Å². The van der Waals surface area contributed by atoms with Crippen molar-refractivity contribution >= 4 is 11.0 Å². The maximum absolute atomic E-state index is 12.4. The second-order valence-electron chi connectivity index (χ2n) is 7.66. The summed E-state index contributed by atoms with van der Waals surface area (Å²) in [7, 11) is 0. The first-order chi connectivity index (χ1) is 13.2. The van der Waals surface area contributed by atoms with Gasteiger partial charge in [-0.05, 0) is 67.3 Å². The Morgan fingerprint density at radius 1 is 1.04 bits per heavy atom. The van der Waals surface area contributed by atoms with Gasteiger partial charge >= 0.3 is 5.63 Å². The predicted molar refractivity (Wildman–Crippen MR) is 105 cm³/mol. The fourth-order valence-electron chi connectivity index (χ4n) is 4.75. The van der Waals surface area contributed by atoms with Gasteiger partial charge in [0.05, 0.1) is 5.56 Å². The minimum absolute atomic E-state index is 0.181. The zero-order valence-electron chi connectivity index (χ0n) is 15.3. The molecule has 2 N–H and O–H groups in total. The van der Waals surface area contributed by atoms with Gasteiger partial charge in [-0.15, -0.1) is 0 Å². The number of hydrogen-bond acceptors (Lipinski definition) is 4. The summed E-state index contributed by atoms with van der Waals surface area (Å²) in [5.41, 5.74) is 5.63. The summed E-state index contributed by atoms with van der Waals surface area (Å²) in [6.07, 6.45) is 6.04. The highest BCUT2D eigenvalue weighted by atomic mass is 16.4. The molecule has 5 rings (SSSR count). The third kappa shape index (κ3) is 2.76. The molecule has 1 unspecified atom stereocenters. The van der Waals surface area contributed by atoms with Crippen LogP contribution in [-0.2, 0) is 25.8 Å². The average Bonchev–Trinajstić information content (AvgIpc) is 3.18. The Morgan fingerprint density at radius 2 is 1.89 bits per heavy atom. The molecule has 0 fully saturated rings. The smallest absolute Gasteiger partial charge is 0.339 e. The van der Waals surface area contributed by atoms with E-state index in [0.29, 0.717) is 17.7 Å². The number of phenols is 1. The van der Waals surface area contributed by atoms with E-state index in [9.17, 15) is 9.90 Å². The van der Waals surface area contributed by atoms with Crippen molar-refractivity contribution in [3.05, 3.63) is 74.6 Å². The molecule has 138 valence electrons. The van der Waals surface area contributed by atoms with E-state index in [-0.39, 0.29) is 17.4 Å². The summed E-state index contributed by atoms with van der Waals surface area (Å²) in [6, 6.07) is 12.4. The van der Waals surface area contributed by atoms with Gasteiger partial charge in [0.25, 0.3) is 0 Å². The van der Waals surface area contributed by atoms with Crippen LogP contribution in [0.2, 0.25) is 0 Å². The van der Waals surface area contributed by atoms with E-state index in [1.807, 2.05) is 6.07 Å². The Kier molecular flexibility index (Phi) is 4.01. The highest BCUT2D eigenvalue weighted by molar-refractivity contribution is 5.86. The molecule has 0 aliphatic heterocycles.